The van der Waals surface area contributed by atoms with E-state index in [0.29, 0.717) is 6.61 Å². The number of likely N-dealkylation sites (N-methyl/N-ethyl adjacent to an activating group) is 1. The summed E-state index contributed by atoms with van der Waals surface area (Å²) >= 11 is 0. The van der Waals surface area contributed by atoms with Gasteiger partial charge in [0.1, 0.15) is 5.75 Å². The predicted molar refractivity (Wildman–Crippen MR) is 83.6 cm³/mol. The lowest BCUT2D eigenvalue weighted by atomic mass is 9.83. The van der Waals surface area contributed by atoms with E-state index in [-0.39, 0.29) is 5.78 Å². The Morgan fingerprint density at radius 2 is 1.65 bits per heavy atom. The smallest absolute Gasteiger partial charge is 0.183 e. The fourth-order valence-electron chi connectivity index (χ4n) is 2.60. The molecule has 1 rings (SSSR count). The van der Waals surface area contributed by atoms with Crippen LogP contribution < -0.4 is 4.74 Å². The topological polar surface area (TPSA) is 29.5 Å². The number of Topliss-reactive ketones (excluding diaryl/α,β-unsaturated/α-hetero) is 1. The maximum atomic E-state index is 12.8. The number of carbonyl (C=O) groups excluding carboxylic acids is 1. The minimum atomic E-state index is -0.411. The largest absolute Gasteiger partial charge is 0.494 e. The van der Waals surface area contributed by atoms with E-state index >= 15 is 0 Å². The van der Waals surface area contributed by atoms with Crippen LogP contribution in [-0.4, -0.2) is 36.9 Å². The Bertz CT molecular complexity index is 419. The fraction of sp³-hybridized carbons (Fsp3) is 0.588. The molecule has 0 N–H and O–H groups in total. The Balaban J connectivity index is 2.96. The van der Waals surface area contributed by atoms with Crippen LogP contribution in [0.15, 0.2) is 24.3 Å². The molecule has 1 aromatic rings. The van der Waals surface area contributed by atoms with E-state index in [1.165, 1.54) is 0 Å². The molecule has 0 aliphatic heterocycles. The van der Waals surface area contributed by atoms with Crippen molar-refractivity contribution in [2.45, 2.75) is 45.6 Å². The van der Waals surface area contributed by atoms with E-state index in [9.17, 15) is 4.79 Å². The van der Waals surface area contributed by atoms with Gasteiger partial charge in [0.15, 0.2) is 5.78 Å². The van der Waals surface area contributed by atoms with Crippen molar-refractivity contribution >= 4 is 5.78 Å². The highest BCUT2D eigenvalue weighted by Gasteiger charge is 2.37. The molecule has 3 heteroatoms. The molecule has 0 amide bonds. The Kier molecular flexibility index (Phi) is 6.21. The van der Waals surface area contributed by atoms with Gasteiger partial charge >= 0.3 is 0 Å². The van der Waals surface area contributed by atoms with Crippen LogP contribution in [0.2, 0.25) is 0 Å². The third-order valence-corrected chi connectivity index (χ3v) is 4.04. The van der Waals surface area contributed by atoms with Gasteiger partial charge in [-0.15, -0.1) is 0 Å². The molecular formula is C17H27NO2. The number of ketones is 1. The van der Waals surface area contributed by atoms with Gasteiger partial charge in [0, 0.05) is 5.56 Å². The highest BCUT2D eigenvalue weighted by atomic mass is 16.5. The maximum absolute atomic E-state index is 12.8. The van der Waals surface area contributed by atoms with Crippen LogP contribution in [0.4, 0.5) is 0 Å². The van der Waals surface area contributed by atoms with Crippen molar-refractivity contribution in [2.24, 2.45) is 0 Å². The molecule has 112 valence electrons. The summed E-state index contributed by atoms with van der Waals surface area (Å²) in [6.07, 6.45) is 2.60. The normalized spacial score (nSPS) is 11.7. The molecule has 3 nitrogen and oxygen atoms in total. The van der Waals surface area contributed by atoms with Crippen LogP contribution in [0, 0.1) is 0 Å². The van der Waals surface area contributed by atoms with Crippen LogP contribution in [0.1, 0.15) is 50.4 Å². The van der Waals surface area contributed by atoms with Gasteiger partial charge in [-0.2, -0.15) is 0 Å². The Morgan fingerprint density at radius 3 is 2.05 bits per heavy atom. The van der Waals surface area contributed by atoms with E-state index in [4.69, 9.17) is 4.74 Å². The molecule has 0 aliphatic rings. The highest BCUT2D eigenvalue weighted by Crippen LogP contribution is 2.27. The lowest BCUT2D eigenvalue weighted by molar-refractivity contribution is 0.0656. The second-order valence-electron chi connectivity index (χ2n) is 5.34. The molecule has 0 aromatic heterocycles. The van der Waals surface area contributed by atoms with Crippen molar-refractivity contribution in [1.82, 2.24) is 4.90 Å². The average molecular weight is 277 g/mol. The van der Waals surface area contributed by atoms with Gasteiger partial charge in [-0.1, -0.05) is 20.8 Å². The summed E-state index contributed by atoms with van der Waals surface area (Å²) in [6, 6.07) is 7.51. The first-order valence-electron chi connectivity index (χ1n) is 7.46. The van der Waals surface area contributed by atoms with E-state index in [0.717, 1.165) is 30.6 Å². The van der Waals surface area contributed by atoms with Crippen LogP contribution in [0.3, 0.4) is 0 Å². The summed E-state index contributed by atoms with van der Waals surface area (Å²) < 4.78 is 5.55. The Hall–Kier alpha value is -1.35. The van der Waals surface area contributed by atoms with Gasteiger partial charge in [-0.3, -0.25) is 9.69 Å². The monoisotopic (exact) mass is 277 g/mol. The molecule has 20 heavy (non-hydrogen) atoms. The third kappa shape index (κ3) is 3.40. The third-order valence-electron chi connectivity index (χ3n) is 4.04. The molecule has 0 aliphatic carbocycles. The number of hydrogen-bond donors (Lipinski definition) is 0. The van der Waals surface area contributed by atoms with Crippen LogP contribution >= 0.6 is 0 Å². The number of rotatable bonds is 8. The number of ether oxygens (including phenoxy) is 1. The quantitative estimate of drug-likeness (QED) is 0.677. The number of carbonyl (C=O) groups is 1. The van der Waals surface area contributed by atoms with Crippen LogP contribution in [0.5, 0.6) is 5.75 Å². The zero-order valence-corrected chi connectivity index (χ0v) is 13.4. The van der Waals surface area contributed by atoms with Crippen LogP contribution in [0.25, 0.3) is 0 Å². The molecule has 0 unspecified atom stereocenters. The first kappa shape index (κ1) is 16.7. The number of hydrogen-bond acceptors (Lipinski definition) is 3. The zero-order chi connectivity index (χ0) is 15.2. The molecule has 0 saturated heterocycles. The SMILES string of the molecule is CCCOc1ccc(C(=O)C(CC)(CC)N(C)C)cc1. The van der Waals surface area contributed by atoms with Gasteiger partial charge in [0.25, 0.3) is 0 Å². The lowest BCUT2D eigenvalue weighted by Gasteiger charge is -2.37. The first-order chi connectivity index (χ1) is 9.51. The Morgan fingerprint density at radius 1 is 1.10 bits per heavy atom. The second kappa shape index (κ2) is 7.44. The van der Waals surface area contributed by atoms with Gasteiger partial charge in [0.2, 0.25) is 0 Å². The first-order valence-corrected chi connectivity index (χ1v) is 7.46. The van der Waals surface area contributed by atoms with Crippen molar-refractivity contribution in [3.05, 3.63) is 29.8 Å². The molecule has 0 radical (unpaired) electrons. The van der Waals surface area contributed by atoms with E-state index in [1.807, 2.05) is 43.3 Å². The summed E-state index contributed by atoms with van der Waals surface area (Å²) in [7, 11) is 3.95. The van der Waals surface area contributed by atoms with Crippen LogP contribution in [-0.2, 0) is 0 Å². The molecule has 0 spiro atoms. The number of benzene rings is 1. The van der Waals surface area contributed by atoms with Gasteiger partial charge in [-0.25, -0.2) is 0 Å². The molecular weight excluding hydrogens is 250 g/mol. The summed E-state index contributed by atoms with van der Waals surface area (Å²) in [5.74, 6) is 1.02. The summed E-state index contributed by atoms with van der Waals surface area (Å²) in [6.45, 7) is 6.92. The minimum Gasteiger partial charge on any atom is -0.494 e. The summed E-state index contributed by atoms with van der Waals surface area (Å²) in [5, 5.41) is 0. The fourth-order valence-corrected chi connectivity index (χ4v) is 2.60. The average Bonchev–Trinajstić information content (AvgIpc) is 2.47. The summed E-state index contributed by atoms with van der Waals surface area (Å²) in [4.78, 5) is 14.9. The van der Waals surface area contributed by atoms with Crippen molar-refractivity contribution in [3.8, 4) is 5.75 Å². The van der Waals surface area contributed by atoms with Crippen molar-refractivity contribution in [3.63, 3.8) is 0 Å². The van der Waals surface area contributed by atoms with Crippen molar-refractivity contribution in [1.29, 1.82) is 0 Å². The maximum Gasteiger partial charge on any atom is 0.183 e. The van der Waals surface area contributed by atoms with Crippen molar-refractivity contribution < 1.29 is 9.53 Å². The number of nitrogens with zero attached hydrogens (tertiary/aromatic N) is 1. The Labute approximate surface area is 122 Å². The highest BCUT2D eigenvalue weighted by molar-refractivity contribution is 6.03. The predicted octanol–water partition coefficient (Wildman–Crippen LogP) is 3.78. The second-order valence-corrected chi connectivity index (χ2v) is 5.34. The molecule has 1 aromatic carbocycles. The molecule has 0 saturated carbocycles. The minimum absolute atomic E-state index is 0.189. The lowest BCUT2D eigenvalue weighted by Crippen LogP contribution is -2.50. The van der Waals surface area contributed by atoms with E-state index in [1.54, 1.807) is 0 Å². The standard InChI is InChI=1S/C17H27NO2/c1-6-13-20-15-11-9-14(10-12-15)16(19)17(7-2,8-3)18(4)5/h9-12H,6-8,13H2,1-5H3. The van der Waals surface area contributed by atoms with Gasteiger partial charge in [0.05, 0.1) is 12.1 Å². The van der Waals surface area contributed by atoms with E-state index < -0.39 is 5.54 Å². The van der Waals surface area contributed by atoms with Gasteiger partial charge in [-0.05, 0) is 57.6 Å². The molecule has 0 fully saturated rings. The molecule has 0 atom stereocenters. The molecule has 0 heterocycles. The summed E-state index contributed by atoms with van der Waals surface area (Å²) in [5.41, 5.74) is 0.345. The van der Waals surface area contributed by atoms with Gasteiger partial charge < -0.3 is 4.74 Å². The van der Waals surface area contributed by atoms with Crippen molar-refractivity contribution in [2.75, 3.05) is 20.7 Å². The molecule has 0 bridgehead atoms. The zero-order valence-electron chi connectivity index (χ0n) is 13.4. The van der Waals surface area contributed by atoms with E-state index in [2.05, 4.69) is 20.8 Å².